The number of rotatable bonds is 1. The van der Waals surface area contributed by atoms with Gasteiger partial charge >= 0.3 is 6.09 Å². The fourth-order valence-corrected chi connectivity index (χ4v) is 3.57. The first-order valence-electron chi connectivity index (χ1n) is 8.23. The van der Waals surface area contributed by atoms with Crippen LogP contribution in [0.25, 0.3) is 0 Å². The standard InChI is InChI=1S/C18H20N4O4/c1-17(2,3)26-16(25)22-9-18(7-12(22)14(20)23)11-6-4-5-10(8-19)13(11)21-15(18)24/h4-6,12H,7,9H2,1-3H3,(H2,20,23)(H,21,24)/t12-,18-/m0/s1. The molecule has 0 aromatic heterocycles. The van der Waals surface area contributed by atoms with Gasteiger partial charge in [-0.25, -0.2) is 4.79 Å². The van der Waals surface area contributed by atoms with Crippen molar-refractivity contribution in [1.82, 2.24) is 4.90 Å². The van der Waals surface area contributed by atoms with E-state index < -0.39 is 29.1 Å². The van der Waals surface area contributed by atoms with E-state index in [4.69, 9.17) is 10.5 Å². The summed E-state index contributed by atoms with van der Waals surface area (Å²) in [7, 11) is 0. The summed E-state index contributed by atoms with van der Waals surface area (Å²) in [4.78, 5) is 38.5. The smallest absolute Gasteiger partial charge is 0.411 e. The SMILES string of the molecule is CC(C)(C)OC(=O)N1C[C@]2(C[C@H]1C(N)=O)C(=O)Nc1c(C#N)cccc12. The van der Waals surface area contributed by atoms with Gasteiger partial charge in [-0.2, -0.15) is 5.26 Å². The molecule has 0 unspecified atom stereocenters. The van der Waals surface area contributed by atoms with Gasteiger partial charge in [-0.05, 0) is 38.8 Å². The number of fused-ring (bicyclic) bond motifs is 2. The zero-order valence-electron chi connectivity index (χ0n) is 14.8. The van der Waals surface area contributed by atoms with Gasteiger partial charge in [0.25, 0.3) is 0 Å². The molecule has 2 aliphatic rings. The van der Waals surface area contributed by atoms with Gasteiger partial charge in [0, 0.05) is 6.54 Å². The third kappa shape index (κ3) is 2.65. The summed E-state index contributed by atoms with van der Waals surface area (Å²) in [6, 6.07) is 6.08. The van der Waals surface area contributed by atoms with E-state index in [1.165, 1.54) is 4.90 Å². The Morgan fingerprint density at radius 2 is 2.12 bits per heavy atom. The quantitative estimate of drug-likeness (QED) is 0.783. The number of hydrogen-bond donors (Lipinski definition) is 2. The Balaban J connectivity index is 2.04. The molecule has 2 atom stereocenters. The first-order valence-corrected chi connectivity index (χ1v) is 8.23. The maximum Gasteiger partial charge on any atom is 0.411 e. The normalized spacial score (nSPS) is 24.2. The molecule has 8 nitrogen and oxygen atoms in total. The van der Waals surface area contributed by atoms with E-state index in [0.29, 0.717) is 16.8 Å². The van der Waals surface area contributed by atoms with Crippen LogP contribution >= 0.6 is 0 Å². The first-order chi connectivity index (χ1) is 12.1. The van der Waals surface area contributed by atoms with Crippen LogP contribution in [0.5, 0.6) is 0 Å². The molecule has 1 fully saturated rings. The van der Waals surface area contributed by atoms with E-state index in [9.17, 15) is 19.6 Å². The zero-order chi connectivity index (χ0) is 19.3. The van der Waals surface area contributed by atoms with Crippen molar-refractivity contribution in [1.29, 1.82) is 5.26 Å². The molecule has 1 aromatic rings. The summed E-state index contributed by atoms with van der Waals surface area (Å²) in [6.45, 7) is 5.11. The Kier molecular flexibility index (Phi) is 3.91. The van der Waals surface area contributed by atoms with Crippen molar-refractivity contribution in [3.05, 3.63) is 29.3 Å². The van der Waals surface area contributed by atoms with Crippen molar-refractivity contribution in [2.24, 2.45) is 5.73 Å². The Morgan fingerprint density at radius 1 is 1.42 bits per heavy atom. The predicted octanol–water partition coefficient (Wildman–Crippen LogP) is 1.24. The summed E-state index contributed by atoms with van der Waals surface area (Å²) >= 11 is 0. The fraction of sp³-hybridized carbons (Fsp3) is 0.444. The molecule has 0 aliphatic carbocycles. The number of benzene rings is 1. The lowest BCUT2D eigenvalue weighted by atomic mass is 9.79. The van der Waals surface area contributed by atoms with Crippen molar-refractivity contribution in [2.45, 2.75) is 44.2 Å². The van der Waals surface area contributed by atoms with E-state index in [2.05, 4.69) is 5.32 Å². The van der Waals surface area contributed by atoms with Crippen molar-refractivity contribution in [2.75, 3.05) is 11.9 Å². The second-order valence-electron chi connectivity index (χ2n) is 7.61. The first kappa shape index (κ1) is 17.7. The highest BCUT2D eigenvalue weighted by Crippen LogP contribution is 2.47. The van der Waals surface area contributed by atoms with Crippen LogP contribution in [0.3, 0.4) is 0 Å². The minimum atomic E-state index is -1.13. The van der Waals surface area contributed by atoms with Gasteiger partial charge in [0.15, 0.2) is 0 Å². The van der Waals surface area contributed by atoms with Gasteiger partial charge in [-0.15, -0.1) is 0 Å². The molecule has 3 amide bonds. The molecule has 1 aromatic carbocycles. The average Bonchev–Trinajstić information content (AvgIpc) is 3.07. The maximum atomic E-state index is 12.8. The van der Waals surface area contributed by atoms with Crippen molar-refractivity contribution < 1.29 is 19.1 Å². The number of anilines is 1. The summed E-state index contributed by atoms with van der Waals surface area (Å²) in [5.74, 6) is -1.06. The lowest BCUT2D eigenvalue weighted by molar-refractivity contribution is -0.122. The van der Waals surface area contributed by atoms with Crippen molar-refractivity contribution in [3.63, 3.8) is 0 Å². The molecule has 0 saturated carbocycles. The highest BCUT2D eigenvalue weighted by atomic mass is 16.6. The van der Waals surface area contributed by atoms with Crippen molar-refractivity contribution in [3.8, 4) is 6.07 Å². The second-order valence-corrected chi connectivity index (χ2v) is 7.61. The number of hydrogen-bond acceptors (Lipinski definition) is 5. The van der Waals surface area contributed by atoms with E-state index in [1.807, 2.05) is 6.07 Å². The number of carbonyl (C=O) groups is 3. The summed E-state index contributed by atoms with van der Waals surface area (Å²) in [5.41, 5.74) is 4.97. The second kappa shape index (κ2) is 5.73. The number of nitrogens with zero attached hydrogens (tertiary/aromatic N) is 2. The van der Waals surface area contributed by atoms with Gasteiger partial charge in [0.2, 0.25) is 11.8 Å². The van der Waals surface area contributed by atoms with Gasteiger partial charge < -0.3 is 15.8 Å². The highest BCUT2D eigenvalue weighted by Gasteiger charge is 2.58. The summed E-state index contributed by atoms with van der Waals surface area (Å²) in [5, 5.41) is 12.0. The number of carbonyl (C=O) groups excluding carboxylic acids is 3. The molecule has 26 heavy (non-hydrogen) atoms. The third-order valence-corrected chi connectivity index (χ3v) is 4.69. The number of para-hydroxylation sites is 1. The zero-order valence-corrected chi connectivity index (χ0v) is 14.8. The largest absolute Gasteiger partial charge is 0.444 e. The fourth-order valence-electron chi connectivity index (χ4n) is 3.57. The number of nitrogens with one attached hydrogen (secondary N) is 1. The monoisotopic (exact) mass is 356 g/mol. The number of ether oxygens (including phenoxy) is 1. The van der Waals surface area contributed by atoms with Gasteiger partial charge in [0.05, 0.1) is 16.7 Å². The molecule has 136 valence electrons. The van der Waals surface area contributed by atoms with Crippen LogP contribution in [0.1, 0.15) is 38.3 Å². The van der Waals surface area contributed by atoms with E-state index in [0.717, 1.165) is 0 Å². The molecule has 1 saturated heterocycles. The molecular formula is C18H20N4O4. The number of nitriles is 1. The van der Waals surface area contributed by atoms with Crippen molar-refractivity contribution >= 4 is 23.6 Å². The van der Waals surface area contributed by atoms with Crippen LogP contribution in [0, 0.1) is 11.3 Å². The van der Waals surface area contributed by atoms with E-state index in [-0.39, 0.29) is 18.9 Å². The highest BCUT2D eigenvalue weighted by molar-refractivity contribution is 6.09. The maximum absolute atomic E-state index is 12.8. The Hall–Kier alpha value is -3.08. The minimum absolute atomic E-state index is 0.0385. The van der Waals surface area contributed by atoms with E-state index >= 15 is 0 Å². The number of amides is 3. The lowest BCUT2D eigenvalue weighted by Crippen LogP contribution is -2.46. The Bertz CT molecular complexity index is 852. The van der Waals surface area contributed by atoms with Crippen LogP contribution in [-0.2, 0) is 19.7 Å². The number of likely N-dealkylation sites (tertiary alicyclic amines) is 1. The Labute approximate surface area is 150 Å². The minimum Gasteiger partial charge on any atom is -0.444 e. The van der Waals surface area contributed by atoms with Crippen LogP contribution in [-0.4, -0.2) is 41.0 Å². The molecule has 1 spiro atoms. The average molecular weight is 356 g/mol. The topological polar surface area (TPSA) is 126 Å². The van der Waals surface area contributed by atoms with Crippen LogP contribution in [0.2, 0.25) is 0 Å². The van der Waals surface area contributed by atoms with Gasteiger partial charge in [-0.3, -0.25) is 14.5 Å². The molecule has 0 radical (unpaired) electrons. The predicted molar refractivity (Wildman–Crippen MR) is 92.0 cm³/mol. The lowest BCUT2D eigenvalue weighted by Gasteiger charge is -2.27. The molecular weight excluding hydrogens is 336 g/mol. The summed E-state index contributed by atoms with van der Waals surface area (Å²) in [6.07, 6.45) is -0.647. The third-order valence-electron chi connectivity index (χ3n) is 4.69. The van der Waals surface area contributed by atoms with Crippen LogP contribution < -0.4 is 11.1 Å². The van der Waals surface area contributed by atoms with Gasteiger partial charge in [0.1, 0.15) is 17.7 Å². The Morgan fingerprint density at radius 3 is 2.69 bits per heavy atom. The molecule has 2 aliphatic heterocycles. The summed E-state index contributed by atoms with van der Waals surface area (Å²) < 4.78 is 5.37. The van der Waals surface area contributed by atoms with Gasteiger partial charge in [-0.1, -0.05) is 12.1 Å². The molecule has 2 heterocycles. The molecule has 3 N–H and O–H groups in total. The number of primary amides is 1. The molecule has 8 heteroatoms. The molecule has 3 rings (SSSR count). The number of nitrogens with two attached hydrogens (primary N) is 1. The molecule has 0 bridgehead atoms. The van der Waals surface area contributed by atoms with Crippen LogP contribution in [0.15, 0.2) is 18.2 Å². The van der Waals surface area contributed by atoms with Crippen LogP contribution in [0.4, 0.5) is 10.5 Å². The van der Waals surface area contributed by atoms with E-state index in [1.54, 1.807) is 39.0 Å².